The van der Waals surface area contributed by atoms with Gasteiger partial charge in [0.1, 0.15) is 11.1 Å². The van der Waals surface area contributed by atoms with E-state index in [1.54, 1.807) is 11.5 Å². The second-order valence-electron chi connectivity index (χ2n) is 10.1. The van der Waals surface area contributed by atoms with Crippen molar-refractivity contribution in [2.45, 2.75) is 45.8 Å². The van der Waals surface area contributed by atoms with E-state index in [-0.39, 0.29) is 55.2 Å². The van der Waals surface area contributed by atoms with Gasteiger partial charge >= 0.3 is 0 Å². The predicted molar refractivity (Wildman–Crippen MR) is 150 cm³/mol. The molecule has 2 aromatic heterocycles. The summed E-state index contributed by atoms with van der Waals surface area (Å²) in [5.41, 5.74) is 0.671. The van der Waals surface area contributed by atoms with E-state index >= 15 is 0 Å². The van der Waals surface area contributed by atoms with Crippen LogP contribution in [-0.2, 0) is 9.22 Å². The Bertz CT molecular complexity index is 1380. The average molecular weight is 587 g/mol. The van der Waals surface area contributed by atoms with Gasteiger partial charge in [-0.15, -0.1) is 0 Å². The predicted octanol–water partition coefficient (Wildman–Crippen LogP) is 5.88. The van der Waals surface area contributed by atoms with Crippen LogP contribution in [0.15, 0.2) is 29.2 Å². The Morgan fingerprint density at radius 2 is 1.76 bits per heavy atom. The maximum absolute atomic E-state index is 13.0. The molecule has 0 fully saturated rings. The van der Waals surface area contributed by atoms with E-state index in [9.17, 15) is 14.7 Å². The Kier molecular flexibility index (Phi) is 8.86. The van der Waals surface area contributed by atoms with Crippen LogP contribution >= 0.6 is 34.8 Å². The minimum absolute atomic E-state index is 0.0585. The van der Waals surface area contributed by atoms with Crippen molar-refractivity contribution in [1.82, 2.24) is 14.9 Å². The van der Waals surface area contributed by atoms with Gasteiger partial charge in [0.05, 0.1) is 39.1 Å². The van der Waals surface area contributed by atoms with Gasteiger partial charge in [0, 0.05) is 30.4 Å². The molecule has 8 nitrogen and oxygen atoms in total. The summed E-state index contributed by atoms with van der Waals surface area (Å²) in [6.07, 6.45) is 1.32. The molecule has 3 aromatic rings. The number of halogens is 3. The Morgan fingerprint density at radius 1 is 1.14 bits per heavy atom. The highest BCUT2D eigenvalue weighted by Crippen LogP contribution is 2.38. The van der Waals surface area contributed by atoms with Crippen LogP contribution in [0.4, 0.5) is 0 Å². The third kappa shape index (κ3) is 6.41. The zero-order valence-electron chi connectivity index (χ0n) is 21.5. The summed E-state index contributed by atoms with van der Waals surface area (Å²) in [5, 5.41) is 13.2. The lowest BCUT2D eigenvalue weighted by Gasteiger charge is -2.36. The highest BCUT2D eigenvalue weighted by atomic mass is 35.5. The summed E-state index contributed by atoms with van der Waals surface area (Å²) < 4.78 is 13.3. The van der Waals surface area contributed by atoms with E-state index in [2.05, 4.69) is 44.2 Å². The standard InChI is InChI=1S/C25H30Cl3N3O5Si/c1-14-9-19(33)21-23(31(14)22-16(26)10-15(32)11-17(22)27)18(28)12-30-24(21)35-13-20(34)29-7-8-36-37(5,6)25(2,3)4/h9-12,32H,7-8,13H2,1-6H3,(H,29,34). The van der Waals surface area contributed by atoms with Crippen LogP contribution in [0.3, 0.4) is 0 Å². The summed E-state index contributed by atoms with van der Waals surface area (Å²) in [6.45, 7) is 12.8. The number of aromatic hydroxyl groups is 1. The van der Waals surface area contributed by atoms with E-state index in [1.807, 2.05) is 0 Å². The Labute approximate surface area is 231 Å². The van der Waals surface area contributed by atoms with Crippen molar-refractivity contribution in [2.75, 3.05) is 19.8 Å². The van der Waals surface area contributed by atoms with Gasteiger partial charge in [0.25, 0.3) is 5.91 Å². The third-order valence-corrected chi connectivity index (χ3v) is 11.8. The minimum Gasteiger partial charge on any atom is -0.508 e. The van der Waals surface area contributed by atoms with Gasteiger partial charge in [0.15, 0.2) is 20.4 Å². The molecule has 0 spiro atoms. The van der Waals surface area contributed by atoms with E-state index in [4.69, 9.17) is 44.0 Å². The Morgan fingerprint density at radius 3 is 2.35 bits per heavy atom. The van der Waals surface area contributed by atoms with Crippen LogP contribution in [0.2, 0.25) is 33.2 Å². The molecule has 12 heteroatoms. The zero-order chi connectivity index (χ0) is 27.7. The number of aryl methyl sites for hydroxylation is 1. The van der Waals surface area contributed by atoms with E-state index in [1.165, 1.54) is 24.4 Å². The monoisotopic (exact) mass is 585 g/mol. The molecule has 0 saturated carbocycles. The Balaban J connectivity index is 1.86. The van der Waals surface area contributed by atoms with Gasteiger partial charge in [0.2, 0.25) is 5.88 Å². The fourth-order valence-corrected chi connectivity index (χ4v) is 5.38. The number of hydrogen-bond acceptors (Lipinski definition) is 6. The molecular formula is C25H30Cl3N3O5Si. The van der Waals surface area contributed by atoms with Crippen LogP contribution in [0, 0.1) is 6.92 Å². The molecule has 0 radical (unpaired) electrons. The topological polar surface area (TPSA) is 103 Å². The van der Waals surface area contributed by atoms with E-state index in [0.29, 0.717) is 24.5 Å². The summed E-state index contributed by atoms with van der Waals surface area (Å²) in [7, 11) is -1.91. The maximum atomic E-state index is 13.0. The molecule has 200 valence electrons. The van der Waals surface area contributed by atoms with Gasteiger partial charge in [-0.05, 0) is 25.1 Å². The van der Waals surface area contributed by atoms with Gasteiger partial charge in [-0.1, -0.05) is 55.6 Å². The molecule has 3 rings (SSSR count). The number of ether oxygens (including phenoxy) is 1. The number of carbonyl (C=O) groups excluding carboxylic acids is 1. The second-order valence-corrected chi connectivity index (χ2v) is 16.2. The van der Waals surface area contributed by atoms with Crippen LogP contribution in [-0.4, -0.2) is 48.6 Å². The maximum Gasteiger partial charge on any atom is 0.258 e. The van der Waals surface area contributed by atoms with Crippen molar-refractivity contribution in [3.8, 4) is 17.3 Å². The number of carbonyl (C=O) groups is 1. The smallest absolute Gasteiger partial charge is 0.258 e. The van der Waals surface area contributed by atoms with Crippen molar-refractivity contribution < 1.29 is 19.1 Å². The highest BCUT2D eigenvalue weighted by molar-refractivity contribution is 6.74. The molecule has 0 atom stereocenters. The lowest BCUT2D eigenvalue weighted by atomic mass is 10.2. The molecule has 37 heavy (non-hydrogen) atoms. The molecule has 0 aliphatic heterocycles. The number of benzene rings is 1. The first-order valence-corrected chi connectivity index (χ1v) is 15.6. The zero-order valence-corrected chi connectivity index (χ0v) is 24.8. The quantitative estimate of drug-likeness (QED) is 0.253. The van der Waals surface area contributed by atoms with Crippen LogP contribution in [0.5, 0.6) is 11.6 Å². The van der Waals surface area contributed by atoms with Crippen LogP contribution in [0.25, 0.3) is 16.6 Å². The number of pyridine rings is 2. The first-order valence-electron chi connectivity index (χ1n) is 11.6. The fourth-order valence-electron chi connectivity index (χ4n) is 3.47. The van der Waals surface area contributed by atoms with Crippen molar-refractivity contribution in [3.63, 3.8) is 0 Å². The number of phenolic OH excluding ortho intramolecular Hbond substituents is 1. The number of fused-ring (bicyclic) bond motifs is 1. The number of nitrogens with zero attached hydrogens (tertiary/aromatic N) is 2. The lowest BCUT2D eigenvalue weighted by molar-refractivity contribution is -0.123. The largest absolute Gasteiger partial charge is 0.508 e. The summed E-state index contributed by atoms with van der Waals surface area (Å²) in [4.78, 5) is 29.6. The van der Waals surface area contributed by atoms with Crippen molar-refractivity contribution in [2.24, 2.45) is 0 Å². The lowest BCUT2D eigenvalue weighted by Crippen LogP contribution is -2.43. The SMILES string of the molecule is Cc1cc(=O)c2c(OCC(=O)NCCO[Si](C)(C)C(C)(C)C)ncc(Cl)c2n1-c1c(Cl)cc(O)cc1Cl. The number of phenols is 1. The molecule has 0 aliphatic carbocycles. The number of aromatic nitrogens is 2. The summed E-state index contributed by atoms with van der Waals surface area (Å²) in [5.74, 6) is -0.558. The third-order valence-electron chi connectivity index (χ3n) is 6.39. The molecule has 0 saturated heterocycles. The molecule has 1 amide bonds. The number of nitrogens with one attached hydrogen (secondary N) is 1. The van der Waals surface area contributed by atoms with Crippen LogP contribution in [0.1, 0.15) is 26.5 Å². The van der Waals surface area contributed by atoms with Gasteiger partial charge < -0.3 is 24.2 Å². The second kappa shape index (κ2) is 11.2. The summed E-state index contributed by atoms with van der Waals surface area (Å²) >= 11 is 19.3. The van der Waals surface area contributed by atoms with E-state index in [0.717, 1.165) is 0 Å². The molecule has 1 aromatic carbocycles. The number of rotatable bonds is 8. The van der Waals surface area contributed by atoms with Crippen molar-refractivity contribution in [3.05, 3.63) is 55.4 Å². The van der Waals surface area contributed by atoms with Gasteiger partial charge in [-0.25, -0.2) is 4.98 Å². The average Bonchev–Trinajstić information content (AvgIpc) is 2.76. The number of amides is 1. The molecule has 2 heterocycles. The fraction of sp³-hybridized carbons (Fsp3) is 0.400. The van der Waals surface area contributed by atoms with Crippen molar-refractivity contribution in [1.29, 1.82) is 0 Å². The van der Waals surface area contributed by atoms with Crippen LogP contribution < -0.4 is 15.5 Å². The Hall–Kier alpha value is -2.30. The first kappa shape index (κ1) is 29.3. The molecule has 0 aliphatic rings. The molecule has 0 unspecified atom stereocenters. The first-order chi connectivity index (χ1) is 17.1. The van der Waals surface area contributed by atoms with Gasteiger partial charge in [-0.2, -0.15) is 0 Å². The van der Waals surface area contributed by atoms with E-state index < -0.39 is 13.7 Å². The number of hydrogen-bond donors (Lipinski definition) is 2. The normalized spacial score (nSPS) is 12.1. The summed E-state index contributed by atoms with van der Waals surface area (Å²) in [6, 6.07) is 4.03. The molecule has 0 bridgehead atoms. The van der Waals surface area contributed by atoms with Crippen molar-refractivity contribution >= 4 is 59.9 Å². The minimum atomic E-state index is -1.91. The molecular weight excluding hydrogens is 557 g/mol. The highest BCUT2D eigenvalue weighted by Gasteiger charge is 2.36. The molecule has 2 N–H and O–H groups in total. The van der Waals surface area contributed by atoms with Gasteiger partial charge in [-0.3, -0.25) is 9.59 Å².